The van der Waals surface area contributed by atoms with Crippen molar-refractivity contribution >= 4 is 36.7 Å². The average molecular weight is 557 g/mol. The molecule has 3 aromatic carbocycles. The van der Waals surface area contributed by atoms with E-state index in [-0.39, 0.29) is 44.0 Å². The maximum absolute atomic E-state index is 14.1. The van der Waals surface area contributed by atoms with E-state index in [0.29, 0.717) is 6.42 Å². The van der Waals surface area contributed by atoms with Gasteiger partial charge in [0.25, 0.3) is 0 Å². The summed E-state index contributed by atoms with van der Waals surface area (Å²) in [7, 11) is -1.61. The lowest BCUT2D eigenvalue weighted by Crippen LogP contribution is -2.65. The Morgan fingerprint density at radius 2 is 1.32 bits per heavy atom. The molecule has 206 valence electrons. The Bertz CT molecular complexity index is 1330. The summed E-state index contributed by atoms with van der Waals surface area (Å²) in [5.41, 5.74) is 0.812. The highest BCUT2D eigenvalue weighted by molar-refractivity contribution is 6.92. The minimum absolute atomic E-state index is 0.0511. The van der Waals surface area contributed by atoms with Gasteiger partial charge in [-0.2, -0.15) is 0 Å². The number of benzene rings is 3. The van der Waals surface area contributed by atoms with Gasteiger partial charge in [0, 0.05) is 12.5 Å². The number of nitrogens with zero attached hydrogens (tertiary/aromatic N) is 2. The normalized spacial score (nSPS) is 27.3. The van der Waals surface area contributed by atoms with Crippen molar-refractivity contribution in [2.45, 2.75) is 31.0 Å². The van der Waals surface area contributed by atoms with E-state index in [1.807, 2.05) is 95.9 Å². The summed E-state index contributed by atoms with van der Waals surface area (Å²) in [6.45, 7) is 0.252. The quantitative estimate of drug-likeness (QED) is 0.277. The monoisotopic (exact) mass is 556 g/mol. The molecule has 4 atom stereocenters. The number of carbonyl (C=O) groups is 3. The number of likely N-dealkylation sites (N-methyl/N-ethyl adjacent to an activating group) is 1. The van der Waals surface area contributed by atoms with E-state index in [1.54, 1.807) is 7.05 Å². The van der Waals surface area contributed by atoms with Crippen LogP contribution in [-0.2, 0) is 28.0 Å². The summed E-state index contributed by atoms with van der Waals surface area (Å²) in [6, 6.07) is 27.3. The topological polar surface area (TPSA) is 85.4 Å². The standard InChI is InChI=1S/C31H32N2O6Si/c1-32-26-19-23-20-37-28(34)17-18-38-40(24-13-7-3-8-14-24,25-15-9-4-10-16-25)39-21-27(22-11-5-2-6-12-22)33(30(26)35)31(36)29(23)32/h2-16,23,26-27,29H,17-21H2,1H3/t23-,26+,27-,29-/m0/s1. The largest absolute Gasteiger partial charge is 0.465 e. The van der Waals surface area contributed by atoms with Gasteiger partial charge in [0.05, 0.1) is 37.8 Å². The molecule has 6 rings (SSSR count). The predicted molar refractivity (Wildman–Crippen MR) is 150 cm³/mol. The molecule has 3 fully saturated rings. The SMILES string of the molecule is CN1[C@@H]2C[C@H]3COC(=O)CCO[Si](c4ccccc4)(c4ccccc4)OC[C@@H](c4ccccc4)N(C2=O)C(=O)[C@H]31. The van der Waals surface area contributed by atoms with Crippen molar-refractivity contribution < 1.29 is 28.0 Å². The first-order chi connectivity index (χ1) is 19.5. The average Bonchev–Trinajstić information content (AvgIpc) is 3.27. The second-order valence-corrected chi connectivity index (χ2v) is 13.5. The molecule has 3 aliphatic heterocycles. The van der Waals surface area contributed by atoms with Gasteiger partial charge < -0.3 is 13.6 Å². The van der Waals surface area contributed by atoms with Gasteiger partial charge in [-0.15, -0.1) is 0 Å². The second-order valence-electron chi connectivity index (χ2n) is 10.5. The number of ether oxygens (including phenoxy) is 1. The highest BCUT2D eigenvalue weighted by Crippen LogP contribution is 2.39. The fraction of sp³-hybridized carbons (Fsp3) is 0.323. The van der Waals surface area contributed by atoms with E-state index in [2.05, 4.69) is 0 Å². The third kappa shape index (κ3) is 4.69. The van der Waals surface area contributed by atoms with Gasteiger partial charge in [-0.3, -0.25) is 24.2 Å². The molecule has 0 unspecified atom stereocenters. The van der Waals surface area contributed by atoms with Gasteiger partial charge in [-0.1, -0.05) is 91.0 Å². The number of hydrogen-bond donors (Lipinski definition) is 0. The van der Waals surface area contributed by atoms with Crippen molar-refractivity contribution in [1.82, 2.24) is 9.80 Å². The molecule has 3 heterocycles. The summed E-state index contributed by atoms with van der Waals surface area (Å²) < 4.78 is 19.2. The van der Waals surface area contributed by atoms with Crippen molar-refractivity contribution in [3.8, 4) is 0 Å². The molecule has 0 radical (unpaired) electrons. The Balaban J connectivity index is 1.48. The second kappa shape index (κ2) is 11.1. The first kappa shape index (κ1) is 26.6. The molecule has 40 heavy (non-hydrogen) atoms. The summed E-state index contributed by atoms with van der Waals surface area (Å²) in [6.07, 6.45) is 0.511. The number of imide groups is 1. The number of hydrogen-bond acceptors (Lipinski definition) is 7. The van der Waals surface area contributed by atoms with E-state index in [1.165, 1.54) is 4.90 Å². The first-order valence-electron chi connectivity index (χ1n) is 13.7. The minimum Gasteiger partial charge on any atom is -0.465 e. The van der Waals surface area contributed by atoms with Crippen LogP contribution in [0.1, 0.15) is 24.4 Å². The van der Waals surface area contributed by atoms with Crippen molar-refractivity contribution in [2.24, 2.45) is 5.92 Å². The number of rotatable bonds is 3. The maximum Gasteiger partial charge on any atom is 0.407 e. The molecule has 9 heteroatoms. The lowest BCUT2D eigenvalue weighted by atomic mass is 9.99. The maximum atomic E-state index is 14.1. The van der Waals surface area contributed by atoms with Gasteiger partial charge in [-0.05, 0) is 29.4 Å². The third-order valence-corrected chi connectivity index (χ3v) is 11.6. The smallest absolute Gasteiger partial charge is 0.407 e. The molecule has 8 nitrogen and oxygen atoms in total. The van der Waals surface area contributed by atoms with E-state index in [9.17, 15) is 14.4 Å². The van der Waals surface area contributed by atoms with Crippen LogP contribution >= 0.6 is 0 Å². The minimum atomic E-state index is -3.42. The Labute approximate surface area is 234 Å². The molecule has 0 aromatic heterocycles. The van der Waals surface area contributed by atoms with E-state index < -0.39 is 32.7 Å². The Hall–Kier alpha value is -3.63. The van der Waals surface area contributed by atoms with Crippen LogP contribution in [0.15, 0.2) is 91.0 Å². The van der Waals surface area contributed by atoms with Crippen LogP contribution in [0.5, 0.6) is 0 Å². The molecule has 0 N–H and O–H groups in total. The third-order valence-electron chi connectivity index (χ3n) is 8.23. The van der Waals surface area contributed by atoms with Crippen molar-refractivity contribution in [3.63, 3.8) is 0 Å². The Morgan fingerprint density at radius 3 is 1.95 bits per heavy atom. The Kier molecular flexibility index (Phi) is 7.37. The summed E-state index contributed by atoms with van der Waals surface area (Å²) in [5, 5.41) is 1.73. The summed E-state index contributed by atoms with van der Waals surface area (Å²) in [4.78, 5) is 44.0. The van der Waals surface area contributed by atoms with Crippen LogP contribution in [0.3, 0.4) is 0 Å². The zero-order valence-corrected chi connectivity index (χ0v) is 23.3. The van der Waals surface area contributed by atoms with Crippen LogP contribution in [0.4, 0.5) is 0 Å². The van der Waals surface area contributed by atoms with Crippen LogP contribution in [0, 0.1) is 5.92 Å². The molecule has 3 aromatic rings. The van der Waals surface area contributed by atoms with E-state index in [4.69, 9.17) is 13.6 Å². The molecule has 0 saturated carbocycles. The highest BCUT2D eigenvalue weighted by Gasteiger charge is 2.56. The number of piperazine rings is 1. The molecule has 2 amide bonds. The van der Waals surface area contributed by atoms with Gasteiger partial charge >= 0.3 is 14.5 Å². The molecule has 3 bridgehead atoms. The predicted octanol–water partition coefficient (Wildman–Crippen LogP) is 2.02. The van der Waals surface area contributed by atoms with Crippen molar-refractivity contribution in [2.75, 3.05) is 26.9 Å². The van der Waals surface area contributed by atoms with Gasteiger partial charge in [0.2, 0.25) is 11.8 Å². The fourth-order valence-electron chi connectivity index (χ4n) is 6.24. The zero-order chi connectivity index (χ0) is 27.7. The number of cyclic esters (lactones) is 1. The van der Waals surface area contributed by atoms with E-state index >= 15 is 0 Å². The zero-order valence-electron chi connectivity index (χ0n) is 22.3. The van der Waals surface area contributed by atoms with E-state index in [0.717, 1.165) is 15.9 Å². The first-order valence-corrected chi connectivity index (χ1v) is 15.5. The lowest BCUT2D eigenvalue weighted by Gasteiger charge is -2.42. The van der Waals surface area contributed by atoms with Crippen molar-refractivity contribution in [3.05, 3.63) is 96.6 Å². The molecule has 3 saturated heterocycles. The lowest BCUT2D eigenvalue weighted by molar-refractivity contribution is -0.162. The Morgan fingerprint density at radius 1 is 0.725 bits per heavy atom. The van der Waals surface area contributed by atoms with Crippen LogP contribution < -0.4 is 10.4 Å². The van der Waals surface area contributed by atoms with Gasteiger partial charge in [0.15, 0.2) is 0 Å². The summed E-state index contributed by atoms with van der Waals surface area (Å²) in [5.74, 6) is -1.20. The number of fused-ring (bicyclic) bond motifs is 2. The molecule has 3 aliphatic rings. The number of esters is 1. The van der Waals surface area contributed by atoms with Crippen LogP contribution in [0.2, 0.25) is 0 Å². The molecule has 0 aliphatic carbocycles. The van der Waals surface area contributed by atoms with Crippen LogP contribution in [-0.4, -0.2) is 75.1 Å². The number of carbonyl (C=O) groups excluding carboxylic acids is 3. The van der Waals surface area contributed by atoms with Gasteiger partial charge in [0.1, 0.15) is 0 Å². The fourth-order valence-corrected chi connectivity index (χ4v) is 9.36. The molecule has 0 spiro atoms. The van der Waals surface area contributed by atoms with Crippen molar-refractivity contribution in [1.29, 1.82) is 0 Å². The molecular weight excluding hydrogens is 524 g/mol. The molecular formula is C31H32N2O6Si. The summed E-state index contributed by atoms with van der Waals surface area (Å²) >= 11 is 0. The number of amides is 2. The highest BCUT2D eigenvalue weighted by atomic mass is 28.4. The van der Waals surface area contributed by atoms with Crippen LogP contribution in [0.25, 0.3) is 0 Å². The van der Waals surface area contributed by atoms with Gasteiger partial charge in [-0.25, -0.2) is 0 Å².